The van der Waals surface area contributed by atoms with Crippen molar-refractivity contribution in [1.29, 1.82) is 0 Å². The van der Waals surface area contributed by atoms with Crippen LogP contribution in [0.25, 0.3) is 0 Å². The van der Waals surface area contributed by atoms with Crippen molar-refractivity contribution in [3.05, 3.63) is 35.1 Å². The number of carbonyl (C=O) groups excluding carboxylic acids is 1. The maximum atomic E-state index is 13.5. The van der Waals surface area contributed by atoms with Gasteiger partial charge in [-0.15, -0.1) is 0 Å². The van der Waals surface area contributed by atoms with Crippen molar-refractivity contribution < 1.29 is 9.18 Å². The number of halogens is 1. The molecule has 0 radical (unpaired) electrons. The van der Waals surface area contributed by atoms with E-state index < -0.39 is 5.82 Å². The molecule has 1 aliphatic heterocycles. The van der Waals surface area contributed by atoms with E-state index in [2.05, 4.69) is 10.6 Å². The highest BCUT2D eigenvalue weighted by molar-refractivity contribution is 5.94. The fourth-order valence-corrected chi connectivity index (χ4v) is 2.26. The van der Waals surface area contributed by atoms with Crippen molar-refractivity contribution in [2.24, 2.45) is 5.92 Å². The number of amides is 1. The van der Waals surface area contributed by atoms with Gasteiger partial charge >= 0.3 is 0 Å². The van der Waals surface area contributed by atoms with Crippen LogP contribution in [-0.4, -0.2) is 25.5 Å². The second-order valence-corrected chi connectivity index (χ2v) is 4.89. The largest absolute Gasteiger partial charge is 0.352 e. The number of rotatable bonds is 4. The fraction of sp³-hybridized carbons (Fsp3) is 0.500. The standard InChI is InChI=1S/C14H19FN2O/c1-10-2-3-13(15)12(8-10)14(18)17-7-5-11-4-6-16-9-11/h2-3,8,11,16H,4-7,9H2,1H3,(H,17,18). The molecule has 1 heterocycles. The molecule has 0 bridgehead atoms. The molecule has 0 aromatic heterocycles. The first kappa shape index (κ1) is 13.0. The molecule has 98 valence electrons. The van der Waals surface area contributed by atoms with Gasteiger partial charge in [-0.25, -0.2) is 4.39 Å². The minimum atomic E-state index is -0.458. The molecule has 0 saturated carbocycles. The number of hydrogen-bond acceptors (Lipinski definition) is 2. The van der Waals surface area contributed by atoms with E-state index in [1.165, 1.54) is 6.07 Å². The van der Waals surface area contributed by atoms with Crippen molar-refractivity contribution in [1.82, 2.24) is 10.6 Å². The highest BCUT2D eigenvalue weighted by Gasteiger charge is 2.15. The van der Waals surface area contributed by atoms with Crippen LogP contribution < -0.4 is 10.6 Å². The molecule has 0 spiro atoms. The Bertz CT molecular complexity index is 428. The summed E-state index contributed by atoms with van der Waals surface area (Å²) in [5.74, 6) is -0.143. The molecule has 18 heavy (non-hydrogen) atoms. The predicted octanol–water partition coefficient (Wildman–Crippen LogP) is 1.86. The lowest BCUT2D eigenvalue weighted by Crippen LogP contribution is -2.27. The average molecular weight is 250 g/mol. The van der Waals surface area contributed by atoms with Crippen LogP contribution in [0, 0.1) is 18.7 Å². The molecular weight excluding hydrogens is 231 g/mol. The smallest absolute Gasteiger partial charge is 0.254 e. The van der Waals surface area contributed by atoms with Crippen LogP contribution in [0.2, 0.25) is 0 Å². The van der Waals surface area contributed by atoms with Crippen LogP contribution in [0.3, 0.4) is 0 Å². The van der Waals surface area contributed by atoms with Gasteiger partial charge in [-0.2, -0.15) is 0 Å². The molecule has 1 unspecified atom stereocenters. The Morgan fingerprint density at radius 3 is 3.11 bits per heavy atom. The van der Waals surface area contributed by atoms with Crippen molar-refractivity contribution in [2.75, 3.05) is 19.6 Å². The molecule has 2 N–H and O–H groups in total. The molecule has 1 amide bonds. The molecule has 2 rings (SSSR count). The zero-order chi connectivity index (χ0) is 13.0. The van der Waals surface area contributed by atoms with E-state index in [0.717, 1.165) is 31.5 Å². The zero-order valence-electron chi connectivity index (χ0n) is 10.6. The molecule has 1 aliphatic rings. The summed E-state index contributed by atoms with van der Waals surface area (Å²) in [6.07, 6.45) is 2.11. The normalized spacial score (nSPS) is 18.9. The van der Waals surface area contributed by atoms with Gasteiger partial charge < -0.3 is 10.6 Å². The minimum absolute atomic E-state index is 0.138. The number of nitrogens with one attached hydrogen (secondary N) is 2. The van der Waals surface area contributed by atoms with Gasteiger partial charge in [0.1, 0.15) is 5.82 Å². The van der Waals surface area contributed by atoms with Gasteiger partial charge in [-0.3, -0.25) is 4.79 Å². The van der Waals surface area contributed by atoms with Gasteiger partial charge in [0.25, 0.3) is 5.91 Å². The van der Waals surface area contributed by atoms with Crippen LogP contribution in [0.1, 0.15) is 28.8 Å². The van der Waals surface area contributed by atoms with E-state index in [1.54, 1.807) is 12.1 Å². The van der Waals surface area contributed by atoms with E-state index in [4.69, 9.17) is 0 Å². The maximum absolute atomic E-state index is 13.5. The third-order valence-electron chi connectivity index (χ3n) is 3.37. The maximum Gasteiger partial charge on any atom is 0.254 e. The van der Waals surface area contributed by atoms with Crippen LogP contribution in [0.4, 0.5) is 4.39 Å². The highest BCUT2D eigenvalue weighted by Crippen LogP contribution is 2.12. The number of benzene rings is 1. The summed E-state index contributed by atoms with van der Waals surface area (Å²) in [4.78, 5) is 11.8. The van der Waals surface area contributed by atoms with E-state index in [1.807, 2.05) is 6.92 Å². The van der Waals surface area contributed by atoms with Gasteiger partial charge in [-0.1, -0.05) is 11.6 Å². The topological polar surface area (TPSA) is 41.1 Å². The number of carbonyl (C=O) groups is 1. The van der Waals surface area contributed by atoms with E-state index in [0.29, 0.717) is 12.5 Å². The van der Waals surface area contributed by atoms with Gasteiger partial charge in [0.2, 0.25) is 0 Å². The van der Waals surface area contributed by atoms with Crippen LogP contribution in [-0.2, 0) is 0 Å². The van der Waals surface area contributed by atoms with Gasteiger partial charge in [0.15, 0.2) is 0 Å². The van der Waals surface area contributed by atoms with E-state index in [-0.39, 0.29) is 11.5 Å². The Morgan fingerprint density at radius 2 is 2.39 bits per heavy atom. The molecule has 3 nitrogen and oxygen atoms in total. The molecule has 1 fully saturated rings. The molecule has 1 atom stereocenters. The lowest BCUT2D eigenvalue weighted by molar-refractivity contribution is 0.0947. The zero-order valence-corrected chi connectivity index (χ0v) is 10.6. The van der Waals surface area contributed by atoms with Crippen LogP contribution >= 0.6 is 0 Å². The molecular formula is C14H19FN2O. The van der Waals surface area contributed by atoms with Crippen molar-refractivity contribution in [3.63, 3.8) is 0 Å². The second kappa shape index (κ2) is 5.96. The summed E-state index contributed by atoms with van der Waals surface area (Å²) in [6.45, 7) is 4.54. The Labute approximate surface area is 107 Å². The van der Waals surface area contributed by atoms with E-state index >= 15 is 0 Å². The molecule has 1 aromatic carbocycles. The first-order valence-electron chi connectivity index (χ1n) is 6.42. The summed E-state index contributed by atoms with van der Waals surface area (Å²) in [7, 11) is 0. The average Bonchev–Trinajstić information content (AvgIpc) is 2.85. The predicted molar refractivity (Wildman–Crippen MR) is 69.1 cm³/mol. The Morgan fingerprint density at radius 1 is 1.56 bits per heavy atom. The van der Waals surface area contributed by atoms with Gasteiger partial charge in [-0.05, 0) is 50.9 Å². The Balaban J connectivity index is 1.85. The lowest BCUT2D eigenvalue weighted by atomic mass is 10.1. The highest BCUT2D eigenvalue weighted by atomic mass is 19.1. The molecule has 4 heteroatoms. The SMILES string of the molecule is Cc1ccc(F)c(C(=O)NCCC2CCNC2)c1. The summed E-state index contributed by atoms with van der Waals surface area (Å²) >= 11 is 0. The van der Waals surface area contributed by atoms with Crippen molar-refractivity contribution >= 4 is 5.91 Å². The van der Waals surface area contributed by atoms with Crippen LogP contribution in [0.15, 0.2) is 18.2 Å². The number of aryl methyl sites for hydroxylation is 1. The van der Waals surface area contributed by atoms with Gasteiger partial charge in [0, 0.05) is 6.54 Å². The Kier molecular flexibility index (Phi) is 4.31. The van der Waals surface area contributed by atoms with Crippen molar-refractivity contribution in [2.45, 2.75) is 19.8 Å². The molecule has 0 aliphatic carbocycles. The lowest BCUT2D eigenvalue weighted by Gasteiger charge is -2.10. The Hall–Kier alpha value is -1.42. The first-order valence-corrected chi connectivity index (χ1v) is 6.42. The van der Waals surface area contributed by atoms with Crippen LogP contribution in [0.5, 0.6) is 0 Å². The van der Waals surface area contributed by atoms with Gasteiger partial charge in [0.05, 0.1) is 5.56 Å². The third kappa shape index (κ3) is 3.29. The monoisotopic (exact) mass is 250 g/mol. The summed E-state index contributed by atoms with van der Waals surface area (Å²) < 4.78 is 13.5. The summed E-state index contributed by atoms with van der Waals surface area (Å²) in [5, 5.41) is 6.07. The fourth-order valence-electron chi connectivity index (χ4n) is 2.26. The second-order valence-electron chi connectivity index (χ2n) is 4.89. The molecule has 1 aromatic rings. The quantitative estimate of drug-likeness (QED) is 0.856. The minimum Gasteiger partial charge on any atom is -0.352 e. The summed E-state index contributed by atoms with van der Waals surface area (Å²) in [5.41, 5.74) is 1.03. The van der Waals surface area contributed by atoms with E-state index in [9.17, 15) is 9.18 Å². The third-order valence-corrected chi connectivity index (χ3v) is 3.37. The van der Waals surface area contributed by atoms with Crippen molar-refractivity contribution in [3.8, 4) is 0 Å². The molecule has 1 saturated heterocycles. The first-order chi connectivity index (χ1) is 8.66. The number of hydrogen-bond donors (Lipinski definition) is 2. The summed E-state index contributed by atoms with van der Waals surface area (Å²) in [6, 6.07) is 4.59.